The Bertz CT molecular complexity index is 1040. The molecule has 0 N–H and O–H groups in total. The molecule has 0 saturated carbocycles. The summed E-state index contributed by atoms with van der Waals surface area (Å²) in [7, 11) is 1.57. The van der Waals surface area contributed by atoms with Gasteiger partial charge in [-0.3, -0.25) is 24.8 Å². The number of ether oxygens (including phenoxy) is 1. The third kappa shape index (κ3) is 4.69. The van der Waals surface area contributed by atoms with Crippen LogP contribution in [0.5, 0.6) is 5.75 Å². The van der Waals surface area contributed by atoms with Crippen LogP contribution in [-0.4, -0.2) is 38.3 Å². The molecule has 0 unspecified atom stereocenters. The summed E-state index contributed by atoms with van der Waals surface area (Å²) in [6, 6.07) is 13.1. The Hall–Kier alpha value is -3.47. The number of nitro groups is 2. The van der Waals surface area contributed by atoms with E-state index in [1.165, 1.54) is 18.2 Å². The van der Waals surface area contributed by atoms with E-state index in [1.807, 2.05) is 12.1 Å². The van der Waals surface area contributed by atoms with Gasteiger partial charge < -0.3 is 4.74 Å². The van der Waals surface area contributed by atoms with Crippen molar-refractivity contribution in [3.63, 3.8) is 0 Å². The maximum atomic E-state index is 11.2. The van der Waals surface area contributed by atoms with Crippen LogP contribution in [0.2, 0.25) is 0 Å². The number of benzene rings is 2. The van der Waals surface area contributed by atoms with E-state index in [-0.39, 0.29) is 5.69 Å². The Balaban J connectivity index is 1.97. The number of aryl methyl sites for hydroxylation is 1. The van der Waals surface area contributed by atoms with Crippen LogP contribution in [0, 0.1) is 27.2 Å². The second-order valence-corrected chi connectivity index (χ2v) is 7.21. The quantitative estimate of drug-likeness (QED) is 0.310. The minimum absolute atomic E-state index is 0.121. The van der Waals surface area contributed by atoms with E-state index in [2.05, 4.69) is 10.2 Å². The average molecular weight is 415 g/mol. The molecule has 10 nitrogen and oxygen atoms in total. The number of nitro benzene ring substituents is 1. The number of rotatable bonds is 8. The van der Waals surface area contributed by atoms with Crippen LogP contribution in [-0.2, 0) is 0 Å². The van der Waals surface area contributed by atoms with Crippen LogP contribution in [0.4, 0.5) is 5.69 Å². The molecular weight excluding hydrogens is 398 g/mol. The predicted molar refractivity (Wildman–Crippen MR) is 106 cm³/mol. The number of methoxy groups -OCH3 is 1. The van der Waals surface area contributed by atoms with E-state index in [0.717, 1.165) is 17.4 Å². The fraction of sp³-hybridized carbons (Fsp3) is 0.222. The van der Waals surface area contributed by atoms with Crippen molar-refractivity contribution in [1.29, 1.82) is 0 Å². The van der Waals surface area contributed by atoms with E-state index in [0.29, 0.717) is 22.3 Å². The zero-order valence-corrected chi connectivity index (χ0v) is 16.4. The van der Waals surface area contributed by atoms with E-state index in [4.69, 9.17) is 4.74 Å². The first-order chi connectivity index (χ1) is 13.9. The zero-order valence-electron chi connectivity index (χ0n) is 15.6. The molecule has 29 heavy (non-hydrogen) atoms. The standard InChI is InChI=1S/C18H17N5O5S/c1-12-19-20-18(22(12)14-6-8-16(28-2)9-7-14)29-17(11-21(24)25)13-4-3-5-15(10-13)23(26)27/h3-10,17H,11H2,1-2H3/t17-/m0/s1. The highest BCUT2D eigenvalue weighted by molar-refractivity contribution is 7.99. The minimum Gasteiger partial charge on any atom is -0.497 e. The summed E-state index contributed by atoms with van der Waals surface area (Å²) in [4.78, 5) is 21.3. The van der Waals surface area contributed by atoms with Crippen LogP contribution in [0.25, 0.3) is 5.69 Å². The molecule has 0 fully saturated rings. The molecule has 0 radical (unpaired) electrons. The summed E-state index contributed by atoms with van der Waals surface area (Å²) in [6.07, 6.45) is 0. The summed E-state index contributed by atoms with van der Waals surface area (Å²) in [6.45, 7) is 1.36. The highest BCUT2D eigenvalue weighted by Gasteiger charge is 2.25. The normalized spacial score (nSPS) is 11.8. The van der Waals surface area contributed by atoms with Gasteiger partial charge in [-0.1, -0.05) is 23.9 Å². The van der Waals surface area contributed by atoms with Gasteiger partial charge in [-0.15, -0.1) is 10.2 Å². The lowest BCUT2D eigenvalue weighted by Crippen LogP contribution is -2.11. The number of nitrogens with zero attached hydrogens (tertiary/aromatic N) is 5. The van der Waals surface area contributed by atoms with Gasteiger partial charge in [0.05, 0.1) is 12.0 Å². The van der Waals surface area contributed by atoms with Gasteiger partial charge in [0.15, 0.2) is 5.16 Å². The number of hydrogen-bond donors (Lipinski definition) is 0. The maximum Gasteiger partial charge on any atom is 0.269 e. The van der Waals surface area contributed by atoms with Crippen LogP contribution in [0.3, 0.4) is 0 Å². The summed E-state index contributed by atoms with van der Waals surface area (Å²) < 4.78 is 6.94. The zero-order chi connectivity index (χ0) is 21.0. The first-order valence-electron chi connectivity index (χ1n) is 8.48. The Kier molecular flexibility index (Phi) is 6.07. The second kappa shape index (κ2) is 8.69. The molecule has 0 aliphatic carbocycles. The predicted octanol–water partition coefficient (Wildman–Crippen LogP) is 3.60. The smallest absolute Gasteiger partial charge is 0.269 e. The molecule has 11 heteroatoms. The summed E-state index contributed by atoms with van der Waals surface area (Å²) >= 11 is 1.14. The van der Waals surface area contributed by atoms with Crippen LogP contribution in [0.15, 0.2) is 53.7 Å². The lowest BCUT2D eigenvalue weighted by Gasteiger charge is -2.14. The van der Waals surface area contributed by atoms with Crippen molar-refractivity contribution < 1.29 is 14.6 Å². The van der Waals surface area contributed by atoms with Gasteiger partial charge in [-0.05, 0) is 36.8 Å². The second-order valence-electron chi connectivity index (χ2n) is 6.04. The SMILES string of the molecule is COc1ccc(-n2c(C)nnc2S[C@@H](C[N+](=O)[O-])c2cccc([N+](=O)[O-])c2)cc1. The van der Waals surface area contributed by atoms with Crippen molar-refractivity contribution in [3.8, 4) is 11.4 Å². The molecule has 1 aromatic heterocycles. The average Bonchev–Trinajstić information content (AvgIpc) is 3.07. The summed E-state index contributed by atoms with van der Waals surface area (Å²) in [5.74, 6) is 1.30. The van der Waals surface area contributed by atoms with Crippen LogP contribution in [0.1, 0.15) is 16.6 Å². The summed E-state index contributed by atoms with van der Waals surface area (Å²) in [5, 5.41) is 30.3. The Morgan fingerprint density at radius 2 is 1.86 bits per heavy atom. The third-order valence-corrected chi connectivity index (χ3v) is 5.32. The van der Waals surface area contributed by atoms with E-state index in [9.17, 15) is 20.2 Å². The summed E-state index contributed by atoms with van der Waals surface area (Å²) in [5.41, 5.74) is 1.13. The van der Waals surface area contributed by atoms with Crippen molar-refractivity contribution in [2.24, 2.45) is 0 Å². The fourth-order valence-electron chi connectivity index (χ4n) is 2.76. The third-order valence-electron chi connectivity index (χ3n) is 4.14. The van der Waals surface area contributed by atoms with Gasteiger partial charge >= 0.3 is 0 Å². The Morgan fingerprint density at radius 3 is 2.48 bits per heavy atom. The molecule has 1 atom stereocenters. The molecule has 3 aromatic rings. The fourth-order valence-corrected chi connectivity index (χ4v) is 3.92. The number of hydrogen-bond acceptors (Lipinski definition) is 8. The molecule has 1 heterocycles. The van der Waals surface area contributed by atoms with Gasteiger partial charge in [0.2, 0.25) is 6.54 Å². The molecule has 2 aromatic carbocycles. The molecule has 0 spiro atoms. The molecule has 0 aliphatic rings. The molecule has 0 aliphatic heterocycles. The molecular formula is C18H17N5O5S. The Labute approximate surface area is 169 Å². The molecule has 0 bridgehead atoms. The van der Waals surface area contributed by atoms with Gasteiger partial charge in [-0.25, -0.2) is 0 Å². The van der Waals surface area contributed by atoms with Gasteiger partial charge in [0, 0.05) is 22.7 Å². The van der Waals surface area contributed by atoms with Gasteiger partial charge in [-0.2, -0.15) is 0 Å². The molecule has 150 valence electrons. The lowest BCUT2D eigenvalue weighted by atomic mass is 10.1. The van der Waals surface area contributed by atoms with Gasteiger partial charge in [0.1, 0.15) is 16.8 Å². The highest BCUT2D eigenvalue weighted by atomic mass is 32.2. The maximum absolute atomic E-state index is 11.2. The number of aromatic nitrogens is 3. The first-order valence-corrected chi connectivity index (χ1v) is 9.36. The van der Waals surface area contributed by atoms with E-state index >= 15 is 0 Å². The number of thioether (sulfide) groups is 1. The Morgan fingerprint density at radius 1 is 1.14 bits per heavy atom. The van der Waals surface area contributed by atoms with Crippen molar-refractivity contribution in [2.45, 2.75) is 17.3 Å². The minimum atomic E-state index is -0.675. The lowest BCUT2D eigenvalue weighted by molar-refractivity contribution is -0.479. The molecule has 0 amide bonds. The topological polar surface area (TPSA) is 126 Å². The highest BCUT2D eigenvalue weighted by Crippen LogP contribution is 2.37. The largest absolute Gasteiger partial charge is 0.497 e. The molecule has 0 saturated heterocycles. The molecule has 3 rings (SSSR count). The van der Waals surface area contributed by atoms with E-state index in [1.54, 1.807) is 36.8 Å². The van der Waals surface area contributed by atoms with Crippen molar-refractivity contribution in [3.05, 3.63) is 80.1 Å². The first kappa shape index (κ1) is 20.3. The van der Waals surface area contributed by atoms with Crippen molar-refractivity contribution in [1.82, 2.24) is 14.8 Å². The van der Waals surface area contributed by atoms with Crippen molar-refractivity contribution in [2.75, 3.05) is 13.7 Å². The van der Waals surface area contributed by atoms with Crippen LogP contribution < -0.4 is 4.74 Å². The van der Waals surface area contributed by atoms with Crippen molar-refractivity contribution >= 4 is 17.4 Å². The van der Waals surface area contributed by atoms with E-state index < -0.39 is 21.6 Å². The number of non-ortho nitro benzene ring substituents is 1. The monoisotopic (exact) mass is 415 g/mol. The van der Waals surface area contributed by atoms with Crippen LogP contribution >= 0.6 is 11.8 Å². The van der Waals surface area contributed by atoms with Gasteiger partial charge in [0.25, 0.3) is 5.69 Å².